The molecule has 0 unspecified atom stereocenters. The zero-order valence-corrected chi connectivity index (χ0v) is 27.1. The molecule has 48 heavy (non-hydrogen) atoms. The van der Waals surface area contributed by atoms with Gasteiger partial charge in [-0.1, -0.05) is 152 Å². The molecule has 0 saturated heterocycles. The molecule has 4 heteroatoms. The molecular weight excluding hydrogens is 599 g/mol. The Morgan fingerprint density at radius 2 is 0.979 bits per heavy atom. The number of nitrogens with zero attached hydrogens (tertiary/aromatic N) is 3. The van der Waals surface area contributed by atoms with E-state index in [1.807, 2.05) is 36.4 Å². The molecule has 0 aliphatic heterocycles. The first-order valence-corrected chi connectivity index (χ1v) is 18.0. The van der Waals surface area contributed by atoms with E-state index in [2.05, 4.69) is 155 Å². The van der Waals surface area contributed by atoms with E-state index in [4.69, 9.17) is 6.57 Å². The van der Waals surface area contributed by atoms with Crippen LogP contribution in [0.15, 0.2) is 176 Å². The van der Waals surface area contributed by atoms with Crippen molar-refractivity contribution in [3.8, 4) is 22.9 Å². The summed E-state index contributed by atoms with van der Waals surface area (Å²) in [6.45, 7) is 8.32. The SMILES string of the molecule is [C-]#[N+]c1cc(-c2cccc([Si](c3ccccc3)(c3ccccc3)c3ccccc3)c2)cc(C#N)c1-n1c2ccccc2c2ccccc21. The first kappa shape index (κ1) is 29.0. The van der Waals surface area contributed by atoms with Crippen molar-refractivity contribution >= 4 is 56.3 Å². The van der Waals surface area contributed by atoms with Gasteiger partial charge in [0.25, 0.3) is 0 Å². The average molecular weight is 628 g/mol. The van der Waals surface area contributed by atoms with Gasteiger partial charge in [0.05, 0.1) is 34.9 Å². The average Bonchev–Trinajstić information content (AvgIpc) is 3.50. The van der Waals surface area contributed by atoms with E-state index in [0.29, 0.717) is 16.9 Å². The van der Waals surface area contributed by atoms with Crippen molar-refractivity contribution in [3.63, 3.8) is 0 Å². The van der Waals surface area contributed by atoms with Gasteiger partial charge >= 0.3 is 0 Å². The molecule has 0 atom stereocenters. The van der Waals surface area contributed by atoms with Crippen LogP contribution in [0.2, 0.25) is 0 Å². The number of nitriles is 1. The van der Waals surface area contributed by atoms with E-state index in [-0.39, 0.29) is 0 Å². The maximum absolute atomic E-state index is 10.6. The van der Waals surface area contributed by atoms with Crippen LogP contribution in [0.3, 0.4) is 0 Å². The number of aromatic nitrogens is 1. The van der Waals surface area contributed by atoms with Crippen LogP contribution in [0.4, 0.5) is 5.69 Å². The van der Waals surface area contributed by atoms with Crippen LogP contribution in [0.5, 0.6) is 0 Å². The van der Waals surface area contributed by atoms with Gasteiger partial charge in [-0.15, -0.1) is 0 Å². The van der Waals surface area contributed by atoms with Gasteiger partial charge in [0.2, 0.25) is 5.69 Å². The quantitative estimate of drug-likeness (QED) is 0.104. The van der Waals surface area contributed by atoms with Gasteiger partial charge in [-0.05, 0) is 56.1 Å². The Morgan fingerprint density at radius 1 is 0.500 bits per heavy atom. The van der Waals surface area contributed by atoms with Crippen LogP contribution in [0, 0.1) is 17.9 Å². The van der Waals surface area contributed by atoms with Crippen molar-refractivity contribution in [1.82, 2.24) is 4.57 Å². The fourth-order valence-electron chi connectivity index (χ4n) is 7.35. The summed E-state index contributed by atoms with van der Waals surface area (Å²) >= 11 is 0. The first-order valence-electron chi connectivity index (χ1n) is 16.0. The molecule has 0 amide bonds. The molecule has 8 aromatic rings. The summed E-state index contributed by atoms with van der Waals surface area (Å²) in [7, 11) is -2.75. The Labute approximate surface area is 281 Å². The molecule has 0 spiro atoms. The minimum Gasteiger partial charge on any atom is -0.318 e. The molecule has 7 aromatic carbocycles. The van der Waals surface area contributed by atoms with Crippen molar-refractivity contribution < 1.29 is 0 Å². The second kappa shape index (κ2) is 12.0. The maximum atomic E-state index is 10.6. The van der Waals surface area contributed by atoms with Crippen LogP contribution in [-0.2, 0) is 0 Å². The topological polar surface area (TPSA) is 33.1 Å². The lowest BCUT2D eigenvalue weighted by atomic mass is 10.0. The van der Waals surface area contributed by atoms with Gasteiger partial charge in [-0.25, -0.2) is 4.85 Å². The van der Waals surface area contributed by atoms with E-state index in [1.165, 1.54) is 20.7 Å². The predicted octanol–water partition coefficient (Wildman–Crippen LogP) is 8.25. The second-order valence-electron chi connectivity index (χ2n) is 11.9. The summed E-state index contributed by atoms with van der Waals surface area (Å²) < 4.78 is 2.08. The highest BCUT2D eigenvalue weighted by atomic mass is 28.3. The molecule has 0 N–H and O–H groups in total. The molecule has 1 heterocycles. The highest BCUT2D eigenvalue weighted by molar-refractivity contribution is 7.19. The molecular formula is C44H29N3Si. The summed E-state index contributed by atoms with van der Waals surface area (Å²) in [6, 6.07) is 64.0. The fourth-order valence-corrected chi connectivity index (χ4v) is 12.1. The van der Waals surface area contributed by atoms with Gasteiger partial charge < -0.3 is 4.57 Å². The van der Waals surface area contributed by atoms with E-state index in [1.54, 1.807) is 0 Å². The molecule has 224 valence electrons. The molecule has 0 bridgehead atoms. The molecule has 3 nitrogen and oxygen atoms in total. The summed E-state index contributed by atoms with van der Waals surface area (Å²) in [5.41, 5.74) is 5.29. The minimum absolute atomic E-state index is 0.443. The smallest absolute Gasteiger partial charge is 0.212 e. The normalized spacial score (nSPS) is 11.3. The Kier molecular flexibility index (Phi) is 7.27. The molecule has 0 aliphatic carbocycles. The Morgan fingerprint density at radius 3 is 1.48 bits per heavy atom. The van der Waals surface area contributed by atoms with E-state index < -0.39 is 8.07 Å². The highest BCUT2D eigenvalue weighted by Crippen LogP contribution is 2.39. The highest BCUT2D eigenvalue weighted by Gasteiger charge is 2.41. The minimum atomic E-state index is -2.75. The molecule has 0 fully saturated rings. The standard InChI is InChI=1S/C44H29N3Si/c1-46-41-30-33(28-34(31-45)44(41)47-42-26-13-11-24-39(42)40-25-12-14-27-43(40)47)32-16-15-23-38(29-32)48(35-17-5-2-6-18-35,36-19-7-3-8-20-36)37-21-9-4-10-22-37/h2-30H. The third-order valence-corrected chi connectivity index (χ3v) is 14.2. The first-order chi connectivity index (χ1) is 23.7. The van der Waals surface area contributed by atoms with Crippen LogP contribution in [0.1, 0.15) is 5.56 Å². The van der Waals surface area contributed by atoms with Crippen molar-refractivity contribution in [2.24, 2.45) is 0 Å². The van der Waals surface area contributed by atoms with Crippen molar-refractivity contribution in [1.29, 1.82) is 5.26 Å². The predicted molar refractivity (Wildman–Crippen MR) is 201 cm³/mol. The summed E-state index contributed by atoms with van der Waals surface area (Å²) in [6.07, 6.45) is 0. The molecule has 1 aromatic heterocycles. The zero-order valence-electron chi connectivity index (χ0n) is 26.1. The number of rotatable bonds is 6. The third-order valence-electron chi connectivity index (χ3n) is 9.38. The van der Waals surface area contributed by atoms with Gasteiger partial charge in [0.15, 0.2) is 8.07 Å². The van der Waals surface area contributed by atoms with Crippen LogP contribution in [0.25, 0.3) is 43.5 Å². The second-order valence-corrected chi connectivity index (χ2v) is 15.7. The number of hydrogen-bond acceptors (Lipinski definition) is 1. The number of para-hydroxylation sites is 2. The lowest BCUT2D eigenvalue weighted by Crippen LogP contribution is -2.74. The van der Waals surface area contributed by atoms with Crippen molar-refractivity contribution in [3.05, 3.63) is 193 Å². The van der Waals surface area contributed by atoms with Crippen LogP contribution in [-0.4, -0.2) is 12.6 Å². The van der Waals surface area contributed by atoms with Gasteiger partial charge in [-0.2, -0.15) is 5.26 Å². The molecule has 0 aliphatic rings. The summed E-state index contributed by atoms with van der Waals surface area (Å²) in [4.78, 5) is 4.04. The zero-order chi connectivity index (χ0) is 32.5. The lowest BCUT2D eigenvalue weighted by Gasteiger charge is -2.34. The maximum Gasteiger partial charge on any atom is 0.212 e. The Balaban J connectivity index is 1.38. The van der Waals surface area contributed by atoms with E-state index in [0.717, 1.165) is 32.9 Å². The van der Waals surface area contributed by atoms with E-state index >= 15 is 0 Å². The van der Waals surface area contributed by atoms with Gasteiger partial charge in [0, 0.05) is 10.8 Å². The van der Waals surface area contributed by atoms with Crippen LogP contribution < -0.4 is 20.7 Å². The van der Waals surface area contributed by atoms with Crippen molar-refractivity contribution in [2.75, 3.05) is 0 Å². The molecule has 8 rings (SSSR count). The fraction of sp³-hybridized carbons (Fsp3) is 0. The largest absolute Gasteiger partial charge is 0.318 e. The summed E-state index contributed by atoms with van der Waals surface area (Å²) in [5.74, 6) is 0. The monoisotopic (exact) mass is 627 g/mol. The third kappa shape index (κ3) is 4.55. The molecule has 0 radical (unpaired) electrons. The Hall–Kier alpha value is -6.46. The Bertz CT molecular complexity index is 2340. The number of benzene rings is 7. The van der Waals surface area contributed by atoms with Crippen molar-refractivity contribution in [2.45, 2.75) is 0 Å². The summed E-state index contributed by atoms with van der Waals surface area (Å²) in [5, 5.41) is 17.9. The van der Waals surface area contributed by atoms with Gasteiger partial charge in [-0.3, -0.25) is 0 Å². The number of fused-ring (bicyclic) bond motifs is 3. The van der Waals surface area contributed by atoms with Gasteiger partial charge in [0.1, 0.15) is 0 Å². The number of hydrogen-bond donors (Lipinski definition) is 0. The van der Waals surface area contributed by atoms with E-state index in [9.17, 15) is 5.26 Å². The molecule has 0 saturated carbocycles. The van der Waals surface area contributed by atoms with Crippen LogP contribution >= 0.6 is 0 Å². The lowest BCUT2D eigenvalue weighted by molar-refractivity contribution is 1.17.